The van der Waals surface area contributed by atoms with E-state index in [-0.39, 0.29) is 11.1 Å². The van der Waals surface area contributed by atoms with Crippen molar-refractivity contribution >= 4 is 34.8 Å². The fourth-order valence-corrected chi connectivity index (χ4v) is 2.57. The number of benzene rings is 2. The summed E-state index contributed by atoms with van der Waals surface area (Å²) in [5, 5.41) is 4.63. The minimum Gasteiger partial charge on any atom is -0.306 e. The summed E-state index contributed by atoms with van der Waals surface area (Å²) in [5.74, 6) is -0.414. The van der Waals surface area contributed by atoms with Gasteiger partial charge in [0, 0.05) is 22.6 Å². The van der Waals surface area contributed by atoms with Crippen LogP contribution in [0.1, 0.15) is 24.1 Å². The molecule has 0 bridgehead atoms. The molecule has 0 heterocycles. The molecule has 0 fully saturated rings. The fraction of sp³-hybridized carbons (Fsp3) is 0.200. The van der Waals surface area contributed by atoms with Gasteiger partial charge in [-0.3, -0.25) is 0 Å². The van der Waals surface area contributed by atoms with Crippen LogP contribution in [0, 0.1) is 5.82 Å². The van der Waals surface area contributed by atoms with Gasteiger partial charge in [0.15, 0.2) is 0 Å². The average molecular weight is 333 g/mol. The minimum absolute atomic E-state index is 0.0264. The summed E-state index contributed by atoms with van der Waals surface area (Å²) in [4.78, 5) is 0. The molecule has 1 N–H and O–H groups in total. The zero-order valence-corrected chi connectivity index (χ0v) is 13.0. The molecular weight excluding hydrogens is 320 g/mol. The summed E-state index contributed by atoms with van der Waals surface area (Å²) >= 11 is 17.7. The first kappa shape index (κ1) is 15.6. The Morgan fingerprint density at radius 2 is 1.80 bits per heavy atom. The van der Waals surface area contributed by atoms with E-state index in [1.54, 1.807) is 24.3 Å². The molecule has 5 heteroatoms. The molecule has 0 radical (unpaired) electrons. The lowest BCUT2D eigenvalue weighted by atomic mass is 10.1. The van der Waals surface area contributed by atoms with Crippen LogP contribution in [0.2, 0.25) is 15.1 Å². The maximum Gasteiger partial charge on any atom is 0.142 e. The molecule has 0 saturated carbocycles. The molecule has 0 aliphatic heterocycles. The normalized spacial score (nSPS) is 12.4. The van der Waals surface area contributed by atoms with Gasteiger partial charge in [-0.1, -0.05) is 46.9 Å². The monoisotopic (exact) mass is 331 g/mol. The van der Waals surface area contributed by atoms with Crippen molar-refractivity contribution in [2.24, 2.45) is 0 Å². The highest BCUT2D eigenvalue weighted by atomic mass is 35.5. The minimum atomic E-state index is -0.414. The van der Waals surface area contributed by atoms with Gasteiger partial charge in [0.25, 0.3) is 0 Å². The van der Waals surface area contributed by atoms with Crippen LogP contribution in [0.5, 0.6) is 0 Å². The third-order valence-corrected chi connectivity index (χ3v) is 3.89. The van der Waals surface area contributed by atoms with Gasteiger partial charge in [-0.05, 0) is 42.3 Å². The van der Waals surface area contributed by atoms with Crippen molar-refractivity contribution in [1.29, 1.82) is 0 Å². The van der Waals surface area contributed by atoms with E-state index in [4.69, 9.17) is 34.8 Å². The van der Waals surface area contributed by atoms with Crippen molar-refractivity contribution in [2.75, 3.05) is 0 Å². The van der Waals surface area contributed by atoms with E-state index in [1.165, 1.54) is 6.07 Å². The van der Waals surface area contributed by atoms with Crippen molar-refractivity contribution in [3.63, 3.8) is 0 Å². The van der Waals surface area contributed by atoms with Gasteiger partial charge in [-0.15, -0.1) is 0 Å². The number of hydrogen-bond donors (Lipinski definition) is 1. The molecule has 0 aliphatic rings. The molecule has 106 valence electrons. The van der Waals surface area contributed by atoms with Crippen LogP contribution in [0.4, 0.5) is 4.39 Å². The molecule has 2 aromatic rings. The van der Waals surface area contributed by atoms with Crippen LogP contribution < -0.4 is 5.32 Å². The molecule has 2 aromatic carbocycles. The average Bonchev–Trinajstić information content (AvgIpc) is 2.40. The van der Waals surface area contributed by atoms with Gasteiger partial charge in [-0.2, -0.15) is 0 Å². The van der Waals surface area contributed by atoms with Gasteiger partial charge < -0.3 is 5.32 Å². The molecule has 0 saturated heterocycles. The summed E-state index contributed by atoms with van der Waals surface area (Å²) in [6.45, 7) is 2.51. The van der Waals surface area contributed by atoms with E-state index in [9.17, 15) is 4.39 Å². The van der Waals surface area contributed by atoms with E-state index in [0.717, 1.165) is 11.1 Å². The topological polar surface area (TPSA) is 12.0 Å². The van der Waals surface area contributed by atoms with Gasteiger partial charge >= 0.3 is 0 Å². The Labute approximate surface area is 132 Å². The number of nitrogens with one attached hydrogen (secondary N) is 1. The smallest absolute Gasteiger partial charge is 0.142 e. The largest absolute Gasteiger partial charge is 0.306 e. The molecule has 0 amide bonds. The second kappa shape index (κ2) is 6.77. The second-order valence-corrected chi connectivity index (χ2v) is 5.77. The zero-order valence-electron chi connectivity index (χ0n) is 10.8. The van der Waals surface area contributed by atoms with Crippen molar-refractivity contribution in [1.82, 2.24) is 5.32 Å². The van der Waals surface area contributed by atoms with E-state index in [1.807, 2.05) is 13.0 Å². The van der Waals surface area contributed by atoms with Crippen LogP contribution in [-0.4, -0.2) is 0 Å². The first-order valence-electron chi connectivity index (χ1n) is 6.09. The fourth-order valence-electron chi connectivity index (χ4n) is 1.88. The number of hydrogen-bond acceptors (Lipinski definition) is 1. The Kier molecular flexibility index (Phi) is 5.28. The van der Waals surface area contributed by atoms with Crippen LogP contribution in [0.15, 0.2) is 36.4 Å². The molecule has 1 nitrogen and oxygen atoms in total. The highest BCUT2D eigenvalue weighted by Crippen LogP contribution is 2.26. The molecule has 1 atom stereocenters. The van der Waals surface area contributed by atoms with Crippen molar-refractivity contribution in [2.45, 2.75) is 19.5 Å². The molecule has 0 aromatic heterocycles. The van der Waals surface area contributed by atoms with Crippen LogP contribution in [0.25, 0.3) is 0 Å². The Hall–Kier alpha value is -0.800. The number of halogens is 4. The lowest BCUT2D eigenvalue weighted by Crippen LogP contribution is -2.18. The lowest BCUT2D eigenvalue weighted by Gasteiger charge is -2.16. The van der Waals surface area contributed by atoms with E-state index < -0.39 is 5.82 Å². The quantitative estimate of drug-likeness (QED) is 0.764. The number of rotatable bonds is 4. The maximum absolute atomic E-state index is 13.3. The summed E-state index contributed by atoms with van der Waals surface area (Å²) in [6, 6.07) is 10.2. The lowest BCUT2D eigenvalue weighted by molar-refractivity contribution is 0.569. The van der Waals surface area contributed by atoms with Gasteiger partial charge in [-0.25, -0.2) is 4.39 Å². The highest BCUT2D eigenvalue weighted by Gasteiger charge is 2.10. The van der Waals surface area contributed by atoms with E-state index in [0.29, 0.717) is 16.6 Å². The van der Waals surface area contributed by atoms with Crippen molar-refractivity contribution in [3.8, 4) is 0 Å². The highest BCUT2D eigenvalue weighted by molar-refractivity contribution is 6.35. The van der Waals surface area contributed by atoms with Crippen LogP contribution in [0.3, 0.4) is 0 Å². The second-order valence-electron chi connectivity index (χ2n) is 4.52. The summed E-state index contributed by atoms with van der Waals surface area (Å²) < 4.78 is 13.3. The Morgan fingerprint density at radius 1 is 1.05 bits per heavy atom. The molecule has 2 rings (SSSR count). The van der Waals surface area contributed by atoms with Gasteiger partial charge in [0.2, 0.25) is 0 Å². The van der Waals surface area contributed by atoms with Crippen LogP contribution in [-0.2, 0) is 6.54 Å². The summed E-state index contributed by atoms with van der Waals surface area (Å²) in [7, 11) is 0. The predicted octanol–water partition coefficient (Wildman–Crippen LogP) is 5.64. The zero-order chi connectivity index (χ0) is 14.7. The Morgan fingerprint density at radius 3 is 2.45 bits per heavy atom. The summed E-state index contributed by atoms with van der Waals surface area (Å²) in [5.41, 5.74) is 1.77. The molecule has 0 spiro atoms. The molecule has 20 heavy (non-hydrogen) atoms. The first-order valence-corrected chi connectivity index (χ1v) is 7.23. The molecule has 1 unspecified atom stereocenters. The SMILES string of the molecule is CC(NCc1ccc(Cl)c(F)c1)c1ccc(Cl)cc1Cl. The summed E-state index contributed by atoms with van der Waals surface area (Å²) in [6.07, 6.45) is 0. The molecule has 0 aliphatic carbocycles. The molecular formula is C15H13Cl3FN. The van der Waals surface area contributed by atoms with Crippen molar-refractivity contribution < 1.29 is 4.39 Å². The van der Waals surface area contributed by atoms with E-state index in [2.05, 4.69) is 5.32 Å². The third kappa shape index (κ3) is 3.86. The van der Waals surface area contributed by atoms with Gasteiger partial charge in [0.1, 0.15) is 5.82 Å². The Balaban J connectivity index is 2.04. The van der Waals surface area contributed by atoms with Crippen LogP contribution >= 0.6 is 34.8 Å². The third-order valence-electron chi connectivity index (χ3n) is 3.03. The predicted molar refractivity (Wildman–Crippen MR) is 83.1 cm³/mol. The van der Waals surface area contributed by atoms with Gasteiger partial charge in [0.05, 0.1) is 5.02 Å². The van der Waals surface area contributed by atoms with E-state index >= 15 is 0 Å². The Bertz CT molecular complexity index is 616. The maximum atomic E-state index is 13.3. The van der Waals surface area contributed by atoms with Crippen molar-refractivity contribution in [3.05, 3.63) is 68.4 Å². The standard InChI is InChI=1S/C15H13Cl3FN/c1-9(12-4-3-11(16)7-14(12)18)20-8-10-2-5-13(17)15(19)6-10/h2-7,9,20H,8H2,1H3. The first-order chi connectivity index (χ1) is 9.47.